The fourth-order valence-corrected chi connectivity index (χ4v) is 2.61. The minimum atomic E-state index is -0.0948. The van der Waals surface area contributed by atoms with Gasteiger partial charge in [-0.2, -0.15) is 4.98 Å². The Balaban J connectivity index is 1.48. The Morgan fingerprint density at radius 2 is 2.10 bits per heavy atom. The van der Waals surface area contributed by atoms with Crippen LogP contribution in [0.3, 0.4) is 0 Å². The third-order valence-corrected chi connectivity index (χ3v) is 4.06. The minimum absolute atomic E-state index is 0.0369. The van der Waals surface area contributed by atoms with E-state index >= 15 is 0 Å². The normalized spacial score (nSPS) is 21.1. The van der Waals surface area contributed by atoms with E-state index in [0.29, 0.717) is 24.4 Å². The van der Waals surface area contributed by atoms with Crippen molar-refractivity contribution in [3.8, 4) is 0 Å². The van der Waals surface area contributed by atoms with Crippen molar-refractivity contribution in [1.29, 1.82) is 0 Å². The molecule has 20 heavy (non-hydrogen) atoms. The molecule has 2 aliphatic rings. The summed E-state index contributed by atoms with van der Waals surface area (Å²) in [6, 6.07) is 0.305. The smallest absolute Gasteiger partial charge is 0.243 e. The summed E-state index contributed by atoms with van der Waals surface area (Å²) < 4.78 is 5.31. The van der Waals surface area contributed by atoms with Crippen LogP contribution >= 0.6 is 0 Å². The van der Waals surface area contributed by atoms with Crippen molar-refractivity contribution in [2.24, 2.45) is 0 Å². The summed E-state index contributed by atoms with van der Waals surface area (Å²) in [5.74, 6) is 1.90. The third-order valence-electron chi connectivity index (χ3n) is 4.06. The van der Waals surface area contributed by atoms with Crippen LogP contribution in [0, 0.1) is 0 Å². The van der Waals surface area contributed by atoms with Gasteiger partial charge in [-0.3, -0.25) is 10.1 Å². The minimum Gasteiger partial charge on any atom is -0.352 e. The lowest BCUT2D eigenvalue weighted by molar-refractivity contribution is -0.120. The second kappa shape index (κ2) is 5.91. The van der Waals surface area contributed by atoms with E-state index < -0.39 is 0 Å². The molecule has 1 amide bonds. The Bertz CT molecular complexity index is 463. The van der Waals surface area contributed by atoms with E-state index in [1.165, 1.54) is 12.8 Å². The summed E-state index contributed by atoms with van der Waals surface area (Å²) >= 11 is 0. The van der Waals surface area contributed by atoms with Gasteiger partial charge in [-0.15, -0.1) is 0 Å². The Kier molecular flexibility index (Phi) is 4.00. The van der Waals surface area contributed by atoms with E-state index in [0.717, 1.165) is 31.5 Å². The van der Waals surface area contributed by atoms with Crippen LogP contribution in [0.4, 0.5) is 0 Å². The molecule has 0 aliphatic heterocycles. The molecule has 110 valence electrons. The monoisotopic (exact) mass is 278 g/mol. The van der Waals surface area contributed by atoms with Crippen LogP contribution in [-0.2, 0) is 4.79 Å². The zero-order valence-electron chi connectivity index (χ0n) is 11.9. The number of rotatable bonds is 6. The number of hydrogen-bond acceptors (Lipinski definition) is 5. The number of aromatic nitrogens is 2. The van der Waals surface area contributed by atoms with Crippen molar-refractivity contribution in [2.75, 3.05) is 6.54 Å². The molecular formula is C14H22N4O2. The zero-order valence-corrected chi connectivity index (χ0v) is 11.9. The van der Waals surface area contributed by atoms with Gasteiger partial charge in [0, 0.05) is 12.0 Å². The molecule has 1 heterocycles. The van der Waals surface area contributed by atoms with E-state index in [-0.39, 0.29) is 11.9 Å². The number of nitrogens with zero attached hydrogens (tertiary/aromatic N) is 2. The lowest BCUT2D eigenvalue weighted by Gasteiger charge is -2.09. The van der Waals surface area contributed by atoms with Crippen molar-refractivity contribution >= 4 is 5.91 Å². The number of amides is 1. The van der Waals surface area contributed by atoms with Gasteiger partial charge >= 0.3 is 0 Å². The molecule has 2 fully saturated rings. The largest absolute Gasteiger partial charge is 0.352 e. The summed E-state index contributed by atoms with van der Waals surface area (Å²) in [5.41, 5.74) is 0. The highest BCUT2D eigenvalue weighted by molar-refractivity contribution is 5.78. The summed E-state index contributed by atoms with van der Waals surface area (Å²) in [6.07, 6.45) is 7.04. The maximum absolute atomic E-state index is 11.6. The maximum atomic E-state index is 11.6. The van der Waals surface area contributed by atoms with Crippen molar-refractivity contribution < 1.29 is 9.32 Å². The van der Waals surface area contributed by atoms with Crippen LogP contribution in [0.15, 0.2) is 4.52 Å². The summed E-state index contributed by atoms with van der Waals surface area (Å²) in [4.78, 5) is 16.1. The topological polar surface area (TPSA) is 80.0 Å². The van der Waals surface area contributed by atoms with Crippen molar-refractivity contribution in [3.05, 3.63) is 11.7 Å². The molecule has 0 unspecified atom stereocenters. The molecule has 6 nitrogen and oxygen atoms in total. The molecular weight excluding hydrogens is 256 g/mol. The van der Waals surface area contributed by atoms with Gasteiger partial charge in [-0.25, -0.2) is 0 Å². The van der Waals surface area contributed by atoms with Gasteiger partial charge in [0.05, 0.1) is 12.6 Å². The van der Waals surface area contributed by atoms with Crippen molar-refractivity contribution in [2.45, 2.75) is 63.5 Å². The van der Waals surface area contributed by atoms with Crippen LogP contribution in [0.25, 0.3) is 0 Å². The first-order valence-electron chi connectivity index (χ1n) is 7.58. The van der Waals surface area contributed by atoms with Gasteiger partial charge in [-0.1, -0.05) is 18.0 Å². The summed E-state index contributed by atoms with van der Waals surface area (Å²) in [6.45, 7) is 2.23. The maximum Gasteiger partial charge on any atom is 0.243 e. The van der Waals surface area contributed by atoms with Gasteiger partial charge < -0.3 is 9.84 Å². The zero-order chi connectivity index (χ0) is 13.9. The van der Waals surface area contributed by atoms with Crippen LogP contribution in [0.2, 0.25) is 0 Å². The molecule has 1 aromatic heterocycles. The van der Waals surface area contributed by atoms with Crippen molar-refractivity contribution in [3.63, 3.8) is 0 Å². The molecule has 2 N–H and O–H groups in total. The third kappa shape index (κ3) is 3.36. The molecule has 0 bridgehead atoms. The van der Waals surface area contributed by atoms with E-state index in [1.807, 2.05) is 6.92 Å². The quantitative estimate of drug-likeness (QED) is 0.827. The van der Waals surface area contributed by atoms with E-state index in [1.54, 1.807) is 0 Å². The predicted molar refractivity (Wildman–Crippen MR) is 73.1 cm³/mol. The number of carbonyl (C=O) groups excluding carboxylic acids is 1. The molecule has 6 heteroatoms. The highest BCUT2D eigenvalue weighted by atomic mass is 16.5. The average Bonchev–Trinajstić information content (AvgIpc) is 2.97. The molecule has 3 rings (SSSR count). The molecule has 0 spiro atoms. The van der Waals surface area contributed by atoms with Gasteiger partial charge in [-0.05, 0) is 32.6 Å². The van der Waals surface area contributed by atoms with Gasteiger partial charge in [0.25, 0.3) is 0 Å². The SMILES string of the molecule is C[C@H](NCC(=O)NC1CC1)c1nc(C2CCCC2)no1. The number of carbonyl (C=O) groups is 1. The van der Waals surface area contributed by atoms with Crippen LogP contribution in [-0.4, -0.2) is 28.6 Å². The molecule has 0 aromatic carbocycles. The number of hydrogen-bond donors (Lipinski definition) is 2. The fraction of sp³-hybridized carbons (Fsp3) is 0.786. The standard InChI is InChI=1S/C14H22N4O2/c1-9(15-8-12(19)16-11-6-7-11)14-17-13(18-20-14)10-4-2-3-5-10/h9-11,15H,2-8H2,1H3,(H,16,19)/t9-/m0/s1. The predicted octanol–water partition coefficient (Wildman–Crippen LogP) is 1.66. The lowest BCUT2D eigenvalue weighted by atomic mass is 10.1. The van der Waals surface area contributed by atoms with Crippen LogP contribution in [0.1, 0.15) is 69.1 Å². The molecule has 2 saturated carbocycles. The molecule has 2 aliphatic carbocycles. The van der Waals surface area contributed by atoms with Gasteiger partial charge in [0.1, 0.15) is 0 Å². The fourth-order valence-electron chi connectivity index (χ4n) is 2.61. The molecule has 1 aromatic rings. The Hall–Kier alpha value is -1.43. The van der Waals surface area contributed by atoms with Crippen LogP contribution in [0.5, 0.6) is 0 Å². The first-order chi connectivity index (χ1) is 9.72. The Morgan fingerprint density at radius 1 is 1.35 bits per heavy atom. The highest BCUT2D eigenvalue weighted by Gasteiger charge is 2.25. The van der Waals surface area contributed by atoms with Gasteiger partial charge in [0.2, 0.25) is 11.8 Å². The van der Waals surface area contributed by atoms with Crippen LogP contribution < -0.4 is 10.6 Å². The molecule has 0 saturated heterocycles. The van der Waals surface area contributed by atoms with E-state index in [4.69, 9.17) is 4.52 Å². The lowest BCUT2D eigenvalue weighted by Crippen LogP contribution is -2.36. The first kappa shape index (κ1) is 13.5. The van der Waals surface area contributed by atoms with Gasteiger partial charge in [0.15, 0.2) is 5.82 Å². The average molecular weight is 278 g/mol. The van der Waals surface area contributed by atoms with E-state index in [2.05, 4.69) is 20.8 Å². The highest BCUT2D eigenvalue weighted by Crippen LogP contribution is 2.32. The molecule has 0 radical (unpaired) electrons. The second-order valence-electron chi connectivity index (χ2n) is 5.92. The Morgan fingerprint density at radius 3 is 2.80 bits per heavy atom. The van der Waals surface area contributed by atoms with Crippen molar-refractivity contribution in [1.82, 2.24) is 20.8 Å². The summed E-state index contributed by atoms with van der Waals surface area (Å²) in [5, 5.41) is 10.1. The number of nitrogens with one attached hydrogen (secondary N) is 2. The Labute approximate surface area is 118 Å². The summed E-state index contributed by atoms with van der Waals surface area (Å²) in [7, 11) is 0. The second-order valence-corrected chi connectivity index (χ2v) is 5.92. The molecule has 1 atom stereocenters. The first-order valence-corrected chi connectivity index (χ1v) is 7.58. The van der Waals surface area contributed by atoms with E-state index in [9.17, 15) is 4.79 Å².